The molecule has 0 bridgehead atoms. The van der Waals surface area contributed by atoms with E-state index in [9.17, 15) is 18.4 Å². The molecule has 6 nitrogen and oxygen atoms in total. The molecule has 4 rings (SSSR count). The minimum Gasteiger partial charge on any atom is -0.348 e. The van der Waals surface area contributed by atoms with Gasteiger partial charge in [-0.25, -0.2) is 8.78 Å². The van der Waals surface area contributed by atoms with Crippen LogP contribution < -0.4 is 10.2 Å². The third-order valence-corrected chi connectivity index (χ3v) is 6.36. The van der Waals surface area contributed by atoms with Crippen LogP contribution in [0.4, 0.5) is 14.5 Å². The third kappa shape index (κ3) is 5.70. The summed E-state index contributed by atoms with van der Waals surface area (Å²) in [6.45, 7) is 5.89. The van der Waals surface area contributed by atoms with Crippen LogP contribution in [-0.4, -0.2) is 34.2 Å². The van der Waals surface area contributed by atoms with Crippen molar-refractivity contribution in [2.45, 2.75) is 46.1 Å². The van der Waals surface area contributed by atoms with E-state index in [1.54, 1.807) is 23.2 Å². The SMILES string of the molecule is CC(=O)N(CC1CC(F)(F)C1)c1ccc(-c2ccc(C(=O)NCc3cccnc3C)cn2)cc1C. The number of alkyl halides is 2. The summed E-state index contributed by atoms with van der Waals surface area (Å²) in [5.74, 6) is -3.21. The molecule has 182 valence electrons. The Morgan fingerprint density at radius 2 is 1.89 bits per heavy atom. The number of aromatic nitrogens is 2. The van der Waals surface area contributed by atoms with E-state index in [1.807, 2.05) is 44.2 Å². The second-order valence-corrected chi connectivity index (χ2v) is 9.12. The van der Waals surface area contributed by atoms with E-state index in [4.69, 9.17) is 0 Å². The lowest BCUT2D eigenvalue weighted by Gasteiger charge is -2.38. The lowest BCUT2D eigenvalue weighted by atomic mass is 9.81. The van der Waals surface area contributed by atoms with Gasteiger partial charge in [-0.2, -0.15) is 0 Å². The Morgan fingerprint density at radius 3 is 2.49 bits per heavy atom. The molecule has 1 N–H and O–H groups in total. The number of hydrogen-bond donors (Lipinski definition) is 1. The highest BCUT2D eigenvalue weighted by molar-refractivity contribution is 5.94. The fraction of sp³-hybridized carbons (Fsp3) is 0.333. The van der Waals surface area contributed by atoms with E-state index in [1.165, 1.54) is 13.1 Å². The molecule has 3 aromatic rings. The summed E-state index contributed by atoms with van der Waals surface area (Å²) in [6, 6.07) is 12.8. The van der Waals surface area contributed by atoms with Gasteiger partial charge in [0, 0.05) is 62.2 Å². The maximum Gasteiger partial charge on any atom is 0.253 e. The summed E-state index contributed by atoms with van der Waals surface area (Å²) in [6.07, 6.45) is 2.88. The van der Waals surface area contributed by atoms with Crippen LogP contribution in [0.3, 0.4) is 0 Å². The van der Waals surface area contributed by atoms with Crippen molar-refractivity contribution >= 4 is 17.5 Å². The number of amides is 2. The van der Waals surface area contributed by atoms with Crippen molar-refractivity contribution < 1.29 is 18.4 Å². The van der Waals surface area contributed by atoms with Crippen LogP contribution in [0.25, 0.3) is 11.3 Å². The van der Waals surface area contributed by atoms with Crippen molar-refractivity contribution in [2.24, 2.45) is 5.92 Å². The molecule has 0 spiro atoms. The fourth-order valence-corrected chi connectivity index (χ4v) is 4.37. The number of rotatable bonds is 7. The van der Waals surface area contributed by atoms with E-state index < -0.39 is 5.92 Å². The molecular weight excluding hydrogens is 450 g/mol. The topological polar surface area (TPSA) is 75.2 Å². The van der Waals surface area contributed by atoms with Gasteiger partial charge in [0.1, 0.15) is 0 Å². The Kier molecular flexibility index (Phi) is 6.91. The van der Waals surface area contributed by atoms with E-state index in [0.29, 0.717) is 23.5 Å². The van der Waals surface area contributed by atoms with Gasteiger partial charge in [-0.3, -0.25) is 19.6 Å². The van der Waals surface area contributed by atoms with Gasteiger partial charge in [0.2, 0.25) is 11.8 Å². The molecular formula is C27H28F2N4O2. The Balaban J connectivity index is 1.43. The number of hydrogen-bond acceptors (Lipinski definition) is 4. The van der Waals surface area contributed by atoms with Crippen molar-refractivity contribution in [1.82, 2.24) is 15.3 Å². The van der Waals surface area contributed by atoms with Crippen LogP contribution in [0.2, 0.25) is 0 Å². The zero-order chi connectivity index (χ0) is 25.2. The van der Waals surface area contributed by atoms with Crippen LogP contribution in [0.1, 0.15) is 46.9 Å². The van der Waals surface area contributed by atoms with E-state index >= 15 is 0 Å². The van der Waals surface area contributed by atoms with Crippen molar-refractivity contribution in [2.75, 3.05) is 11.4 Å². The molecule has 2 aromatic heterocycles. The molecule has 0 saturated heterocycles. The van der Waals surface area contributed by atoms with Gasteiger partial charge in [0.25, 0.3) is 5.91 Å². The molecule has 0 radical (unpaired) electrons. The average molecular weight is 479 g/mol. The summed E-state index contributed by atoms with van der Waals surface area (Å²) in [4.78, 5) is 35.0. The smallest absolute Gasteiger partial charge is 0.253 e. The normalized spacial score (nSPS) is 14.8. The maximum atomic E-state index is 13.2. The van der Waals surface area contributed by atoms with Crippen LogP contribution in [0, 0.1) is 19.8 Å². The minimum absolute atomic E-state index is 0.175. The first-order chi connectivity index (χ1) is 16.6. The quantitative estimate of drug-likeness (QED) is 0.513. The summed E-state index contributed by atoms with van der Waals surface area (Å²) < 4.78 is 26.5. The Labute approximate surface area is 203 Å². The molecule has 1 aliphatic carbocycles. The predicted molar refractivity (Wildman–Crippen MR) is 130 cm³/mol. The van der Waals surface area contributed by atoms with Gasteiger partial charge in [0.15, 0.2) is 0 Å². The van der Waals surface area contributed by atoms with Gasteiger partial charge >= 0.3 is 0 Å². The first kappa shape index (κ1) is 24.4. The zero-order valence-corrected chi connectivity index (χ0v) is 20.0. The fourth-order valence-electron chi connectivity index (χ4n) is 4.37. The number of benzene rings is 1. The van der Waals surface area contributed by atoms with Gasteiger partial charge in [0.05, 0.1) is 11.3 Å². The highest BCUT2D eigenvalue weighted by atomic mass is 19.3. The molecule has 0 aliphatic heterocycles. The van der Waals surface area contributed by atoms with Crippen LogP contribution in [-0.2, 0) is 11.3 Å². The number of carbonyl (C=O) groups excluding carboxylic acids is 2. The number of aryl methyl sites for hydroxylation is 2. The van der Waals surface area contributed by atoms with Crippen molar-refractivity contribution in [3.8, 4) is 11.3 Å². The standard InChI is InChI=1S/C27H28F2N4O2/c1-17-11-21(7-9-25(17)33(19(3)34)16-20-12-27(28,29)13-20)24-8-6-23(15-31-24)26(35)32-14-22-5-4-10-30-18(22)2/h4-11,15,20H,12-14,16H2,1-3H3,(H,32,35). The highest BCUT2D eigenvalue weighted by Gasteiger charge is 2.46. The number of anilines is 1. The molecule has 35 heavy (non-hydrogen) atoms. The van der Waals surface area contributed by atoms with Gasteiger partial charge in [-0.05, 0) is 61.2 Å². The summed E-state index contributed by atoms with van der Waals surface area (Å²) in [5, 5.41) is 2.88. The van der Waals surface area contributed by atoms with E-state index in [0.717, 1.165) is 22.4 Å². The van der Waals surface area contributed by atoms with Crippen LogP contribution in [0.15, 0.2) is 54.9 Å². The highest BCUT2D eigenvalue weighted by Crippen LogP contribution is 2.43. The summed E-state index contributed by atoms with van der Waals surface area (Å²) >= 11 is 0. The molecule has 0 unspecified atom stereocenters. The van der Waals surface area contributed by atoms with Gasteiger partial charge < -0.3 is 10.2 Å². The second-order valence-electron chi connectivity index (χ2n) is 9.12. The number of halogens is 2. The van der Waals surface area contributed by atoms with Crippen molar-refractivity contribution in [1.29, 1.82) is 0 Å². The summed E-state index contributed by atoms with van der Waals surface area (Å²) in [5.41, 5.74) is 5.34. The predicted octanol–water partition coefficient (Wildman–Crippen LogP) is 5.09. The lowest BCUT2D eigenvalue weighted by Crippen LogP contribution is -2.44. The minimum atomic E-state index is -2.61. The Morgan fingerprint density at radius 1 is 1.11 bits per heavy atom. The van der Waals surface area contributed by atoms with E-state index in [2.05, 4.69) is 15.3 Å². The number of pyridine rings is 2. The van der Waals surface area contributed by atoms with Crippen LogP contribution >= 0.6 is 0 Å². The third-order valence-electron chi connectivity index (χ3n) is 6.36. The molecule has 2 heterocycles. The lowest BCUT2D eigenvalue weighted by molar-refractivity contribution is -0.121. The van der Waals surface area contributed by atoms with Gasteiger partial charge in [-0.15, -0.1) is 0 Å². The van der Waals surface area contributed by atoms with Crippen LogP contribution in [0.5, 0.6) is 0 Å². The van der Waals surface area contributed by atoms with Crippen molar-refractivity contribution in [3.05, 3.63) is 77.2 Å². The maximum absolute atomic E-state index is 13.2. The molecule has 2 amide bonds. The Hall–Kier alpha value is -3.68. The number of carbonyl (C=O) groups is 2. The average Bonchev–Trinajstić information content (AvgIpc) is 2.80. The molecule has 8 heteroatoms. The molecule has 1 fully saturated rings. The molecule has 1 saturated carbocycles. The molecule has 1 aliphatic rings. The number of nitrogens with zero attached hydrogens (tertiary/aromatic N) is 3. The molecule has 0 atom stereocenters. The van der Waals surface area contributed by atoms with Crippen molar-refractivity contribution in [3.63, 3.8) is 0 Å². The first-order valence-electron chi connectivity index (χ1n) is 11.5. The zero-order valence-electron chi connectivity index (χ0n) is 20.0. The van der Waals surface area contributed by atoms with E-state index in [-0.39, 0.29) is 37.1 Å². The largest absolute Gasteiger partial charge is 0.348 e. The Bertz CT molecular complexity index is 1240. The summed E-state index contributed by atoms with van der Waals surface area (Å²) in [7, 11) is 0. The monoisotopic (exact) mass is 478 g/mol. The number of nitrogens with one attached hydrogen (secondary N) is 1. The first-order valence-corrected chi connectivity index (χ1v) is 11.5. The molecule has 1 aromatic carbocycles. The van der Waals surface area contributed by atoms with Gasteiger partial charge in [-0.1, -0.05) is 12.1 Å². The second kappa shape index (κ2) is 9.90.